The summed E-state index contributed by atoms with van der Waals surface area (Å²) in [6.07, 6.45) is 11.5. The zero-order valence-electron chi connectivity index (χ0n) is 17.4. The largest absolute Gasteiger partial charge is 0.347 e. The lowest BCUT2D eigenvalue weighted by Crippen LogP contribution is -2.29. The van der Waals surface area contributed by atoms with E-state index in [1.54, 1.807) is 23.5 Å². The average molecular weight is 421 g/mol. The van der Waals surface area contributed by atoms with Gasteiger partial charge in [-0.3, -0.25) is 10.1 Å². The minimum atomic E-state index is -0.341. The van der Waals surface area contributed by atoms with Crippen LogP contribution in [0.4, 0.5) is 11.4 Å². The van der Waals surface area contributed by atoms with Crippen LogP contribution in [0.15, 0.2) is 54.7 Å². The second-order valence-corrected chi connectivity index (χ2v) is 8.66. The third-order valence-corrected chi connectivity index (χ3v) is 6.70. The number of aromatic nitrogens is 1. The highest BCUT2D eigenvalue weighted by molar-refractivity contribution is 7.19. The number of non-ortho nitro benzene ring substituents is 1. The van der Waals surface area contributed by atoms with E-state index < -0.39 is 0 Å². The number of anilines is 1. The molecule has 0 atom stereocenters. The maximum Gasteiger partial charge on any atom is 0.271 e. The molecule has 6 heteroatoms. The lowest BCUT2D eigenvalue weighted by Gasteiger charge is -2.27. The van der Waals surface area contributed by atoms with Crippen LogP contribution in [-0.4, -0.2) is 11.5 Å². The Morgan fingerprint density at radius 3 is 2.80 bits per heavy atom. The second kappa shape index (κ2) is 8.79. The third-order valence-electron chi connectivity index (χ3n) is 5.55. The molecule has 1 aromatic heterocycles. The topological polar surface area (TPSA) is 50.3 Å². The third kappa shape index (κ3) is 4.00. The van der Waals surface area contributed by atoms with Crippen molar-refractivity contribution >= 4 is 44.6 Å². The Morgan fingerprint density at radius 2 is 2.00 bits per heavy atom. The van der Waals surface area contributed by atoms with Gasteiger partial charge >= 0.3 is 0 Å². The fourth-order valence-electron chi connectivity index (χ4n) is 3.87. The molecule has 154 valence electrons. The molecule has 0 unspecified atom stereocenters. The van der Waals surface area contributed by atoms with Gasteiger partial charge in [0, 0.05) is 48.3 Å². The summed E-state index contributed by atoms with van der Waals surface area (Å²) in [5.74, 6) is 0. The molecule has 0 radical (unpaired) electrons. The SMILES string of the molecule is CCCCCCN1C=CC(=Cc2sc3cc([N+](=O)[O-])ccc3[n+]2C)c2ccccc21. The van der Waals surface area contributed by atoms with Crippen molar-refractivity contribution in [2.45, 2.75) is 32.6 Å². The molecule has 5 nitrogen and oxygen atoms in total. The van der Waals surface area contributed by atoms with Gasteiger partial charge in [-0.2, -0.15) is 4.57 Å². The van der Waals surface area contributed by atoms with E-state index in [9.17, 15) is 10.1 Å². The number of benzene rings is 2. The van der Waals surface area contributed by atoms with Gasteiger partial charge in [0.1, 0.15) is 11.7 Å². The van der Waals surface area contributed by atoms with E-state index in [4.69, 9.17) is 0 Å². The zero-order valence-corrected chi connectivity index (χ0v) is 18.2. The summed E-state index contributed by atoms with van der Waals surface area (Å²) in [6.45, 7) is 3.26. The zero-order chi connectivity index (χ0) is 21.1. The monoisotopic (exact) mass is 420 g/mol. The summed E-state index contributed by atoms with van der Waals surface area (Å²) in [7, 11) is 2.01. The first-order chi connectivity index (χ1) is 14.6. The molecule has 0 N–H and O–H groups in total. The van der Waals surface area contributed by atoms with Crippen molar-refractivity contribution in [1.29, 1.82) is 0 Å². The van der Waals surface area contributed by atoms with Gasteiger partial charge in [0.25, 0.3) is 10.7 Å². The number of allylic oxidation sites excluding steroid dienone is 2. The normalized spacial score (nSPS) is 14.5. The van der Waals surface area contributed by atoms with E-state index in [1.165, 1.54) is 36.9 Å². The molecule has 0 fully saturated rings. The van der Waals surface area contributed by atoms with Crippen molar-refractivity contribution in [3.63, 3.8) is 0 Å². The lowest BCUT2D eigenvalue weighted by atomic mass is 9.99. The molecular formula is C24H26N3O2S+. The van der Waals surface area contributed by atoms with Crippen LogP contribution in [0.3, 0.4) is 0 Å². The van der Waals surface area contributed by atoms with E-state index in [2.05, 4.69) is 59.0 Å². The average Bonchev–Trinajstić information content (AvgIpc) is 3.07. The maximum absolute atomic E-state index is 11.1. The minimum Gasteiger partial charge on any atom is -0.347 e. The molecule has 0 spiro atoms. The Morgan fingerprint density at radius 1 is 1.17 bits per heavy atom. The highest BCUT2D eigenvalue weighted by Gasteiger charge is 2.21. The maximum atomic E-state index is 11.1. The van der Waals surface area contributed by atoms with Crippen LogP contribution in [0.1, 0.15) is 43.2 Å². The molecular weight excluding hydrogens is 394 g/mol. The first kappa shape index (κ1) is 20.3. The van der Waals surface area contributed by atoms with E-state index >= 15 is 0 Å². The van der Waals surface area contributed by atoms with Gasteiger partial charge in [0.15, 0.2) is 0 Å². The predicted molar refractivity (Wildman–Crippen MR) is 125 cm³/mol. The van der Waals surface area contributed by atoms with Crippen molar-refractivity contribution in [1.82, 2.24) is 0 Å². The highest BCUT2D eigenvalue weighted by Crippen LogP contribution is 2.35. The molecule has 1 aliphatic rings. The predicted octanol–water partition coefficient (Wildman–Crippen LogP) is 6.09. The fourth-order valence-corrected chi connectivity index (χ4v) is 5.01. The number of aryl methyl sites for hydroxylation is 1. The van der Waals surface area contributed by atoms with Gasteiger partial charge in [-0.15, -0.1) is 0 Å². The second-order valence-electron chi connectivity index (χ2n) is 7.60. The molecule has 1 aliphatic heterocycles. The standard InChI is InChI=1S/C24H26N3O2S/c1-3-4-5-8-14-26-15-13-18(20-9-6-7-10-21(20)26)16-24-25(2)22-12-11-19(27(28)29)17-23(22)30-24/h6-7,9-13,15-17H,3-5,8,14H2,1-2H3/q+1. The van der Waals surface area contributed by atoms with Crippen LogP contribution in [0.2, 0.25) is 0 Å². The van der Waals surface area contributed by atoms with Gasteiger partial charge in [-0.05, 0) is 24.1 Å². The summed E-state index contributed by atoms with van der Waals surface area (Å²) in [5.41, 5.74) is 4.75. The summed E-state index contributed by atoms with van der Waals surface area (Å²) in [6, 6.07) is 13.6. The van der Waals surface area contributed by atoms with E-state index in [-0.39, 0.29) is 10.6 Å². The Kier molecular flexibility index (Phi) is 5.95. The molecule has 2 heterocycles. The number of para-hydroxylation sites is 1. The van der Waals surface area contributed by atoms with Crippen LogP contribution >= 0.6 is 11.3 Å². The van der Waals surface area contributed by atoms with Crippen molar-refractivity contribution < 1.29 is 9.49 Å². The molecule has 3 aromatic rings. The van der Waals surface area contributed by atoms with Crippen LogP contribution in [0, 0.1) is 10.1 Å². The number of rotatable bonds is 7. The highest BCUT2D eigenvalue weighted by atomic mass is 32.1. The number of fused-ring (bicyclic) bond motifs is 2. The summed E-state index contributed by atoms with van der Waals surface area (Å²) < 4.78 is 3.02. The molecule has 0 amide bonds. The van der Waals surface area contributed by atoms with Crippen molar-refractivity contribution in [3.05, 3.63) is 75.4 Å². The van der Waals surface area contributed by atoms with Gasteiger partial charge in [-0.1, -0.05) is 55.7 Å². The first-order valence-corrected chi connectivity index (χ1v) is 11.2. The van der Waals surface area contributed by atoms with Gasteiger partial charge in [0.2, 0.25) is 5.52 Å². The fraction of sp³-hybridized carbons (Fsp3) is 0.292. The number of hydrogen-bond acceptors (Lipinski definition) is 4. The van der Waals surface area contributed by atoms with E-state index in [0.717, 1.165) is 27.3 Å². The molecule has 0 bridgehead atoms. The number of nitrogens with zero attached hydrogens (tertiary/aromatic N) is 3. The van der Waals surface area contributed by atoms with Crippen molar-refractivity contribution in [3.8, 4) is 0 Å². The molecule has 2 aromatic carbocycles. The Bertz CT molecular complexity index is 1150. The van der Waals surface area contributed by atoms with Crippen molar-refractivity contribution in [2.75, 3.05) is 11.4 Å². The number of hydrogen-bond donors (Lipinski definition) is 0. The van der Waals surface area contributed by atoms with Crippen LogP contribution in [-0.2, 0) is 7.05 Å². The number of nitro groups is 1. The first-order valence-electron chi connectivity index (χ1n) is 10.4. The lowest BCUT2D eigenvalue weighted by molar-refractivity contribution is -0.642. The Hall–Kier alpha value is -2.99. The smallest absolute Gasteiger partial charge is 0.271 e. The van der Waals surface area contributed by atoms with Gasteiger partial charge in [-0.25, -0.2) is 0 Å². The molecule has 0 aliphatic carbocycles. The van der Waals surface area contributed by atoms with E-state index in [0.29, 0.717) is 0 Å². The number of nitro benzene ring substituents is 1. The molecule has 4 rings (SSSR count). The van der Waals surface area contributed by atoms with Gasteiger partial charge < -0.3 is 4.90 Å². The van der Waals surface area contributed by atoms with Crippen LogP contribution < -0.4 is 9.47 Å². The van der Waals surface area contributed by atoms with Crippen LogP contribution in [0.5, 0.6) is 0 Å². The quantitative estimate of drug-likeness (QED) is 0.201. The van der Waals surface area contributed by atoms with Gasteiger partial charge in [0.05, 0.1) is 4.92 Å². The van der Waals surface area contributed by atoms with Crippen LogP contribution in [0.25, 0.3) is 21.9 Å². The van der Waals surface area contributed by atoms with Crippen molar-refractivity contribution in [2.24, 2.45) is 7.05 Å². The summed E-state index contributed by atoms with van der Waals surface area (Å²) in [5, 5.41) is 12.2. The van der Waals surface area contributed by atoms with E-state index in [1.807, 2.05) is 13.1 Å². The summed E-state index contributed by atoms with van der Waals surface area (Å²) >= 11 is 1.58. The minimum absolute atomic E-state index is 0.130. The number of thiazole rings is 1. The Balaban J connectivity index is 1.67. The summed E-state index contributed by atoms with van der Waals surface area (Å²) in [4.78, 5) is 13.1. The Labute approximate surface area is 180 Å². The number of unbranched alkanes of at least 4 members (excludes halogenated alkanes) is 3. The molecule has 30 heavy (non-hydrogen) atoms. The molecule has 0 saturated carbocycles. The molecule has 0 saturated heterocycles.